The van der Waals surface area contributed by atoms with Crippen molar-refractivity contribution in [1.29, 1.82) is 0 Å². The number of carbonyl (C=O) groups is 1. The second kappa shape index (κ2) is 8.11. The number of hydrogen-bond acceptors (Lipinski definition) is 4. The number of nitrogens with zero attached hydrogens (tertiary/aromatic N) is 2. The maximum atomic E-state index is 12.7. The van der Waals surface area contributed by atoms with Crippen LogP contribution in [0.4, 0.5) is 0 Å². The van der Waals surface area contributed by atoms with Crippen molar-refractivity contribution >= 4 is 5.91 Å². The van der Waals surface area contributed by atoms with Gasteiger partial charge in [-0.25, -0.2) is 0 Å². The van der Waals surface area contributed by atoms with E-state index >= 15 is 0 Å². The van der Waals surface area contributed by atoms with Crippen molar-refractivity contribution in [1.82, 2.24) is 15.1 Å². The molecule has 0 bridgehead atoms. The van der Waals surface area contributed by atoms with Crippen LogP contribution in [0.1, 0.15) is 26.2 Å². The number of rotatable bonds is 6. The molecule has 0 saturated carbocycles. The summed E-state index contributed by atoms with van der Waals surface area (Å²) in [6, 6.07) is 0.206. The molecule has 5 heteroatoms. The summed E-state index contributed by atoms with van der Waals surface area (Å²) in [7, 11) is 4.24. The first-order chi connectivity index (χ1) is 10.1. The van der Waals surface area contributed by atoms with Crippen molar-refractivity contribution in [3.8, 4) is 0 Å². The van der Waals surface area contributed by atoms with E-state index in [4.69, 9.17) is 4.74 Å². The molecule has 2 fully saturated rings. The summed E-state index contributed by atoms with van der Waals surface area (Å²) in [5.74, 6) is 1.05. The average Bonchev–Trinajstić information content (AvgIpc) is 2.93. The Bertz CT molecular complexity index is 327. The fourth-order valence-electron chi connectivity index (χ4n) is 3.42. The lowest BCUT2D eigenvalue weighted by Crippen LogP contribution is -2.48. The Labute approximate surface area is 129 Å². The van der Waals surface area contributed by atoms with Crippen molar-refractivity contribution in [2.24, 2.45) is 11.8 Å². The molecule has 0 aromatic heterocycles. The largest absolute Gasteiger partial charge is 0.379 e. The van der Waals surface area contributed by atoms with Gasteiger partial charge in [-0.15, -0.1) is 0 Å². The van der Waals surface area contributed by atoms with Gasteiger partial charge in [0, 0.05) is 25.7 Å². The summed E-state index contributed by atoms with van der Waals surface area (Å²) >= 11 is 0. The summed E-state index contributed by atoms with van der Waals surface area (Å²) in [6.07, 6.45) is 3.35. The summed E-state index contributed by atoms with van der Waals surface area (Å²) in [5, 5.41) is 3.46. The Hall–Kier alpha value is -0.650. The smallest absolute Gasteiger partial charge is 0.229 e. The molecule has 2 unspecified atom stereocenters. The van der Waals surface area contributed by atoms with Crippen molar-refractivity contribution in [2.75, 3.05) is 53.5 Å². The maximum absolute atomic E-state index is 12.7. The van der Waals surface area contributed by atoms with Gasteiger partial charge in [0.15, 0.2) is 0 Å². The molecule has 5 nitrogen and oxygen atoms in total. The van der Waals surface area contributed by atoms with Gasteiger partial charge in [-0.3, -0.25) is 4.79 Å². The predicted octanol–water partition coefficient (Wildman–Crippen LogP) is 0.801. The lowest BCUT2D eigenvalue weighted by Gasteiger charge is -2.35. The minimum Gasteiger partial charge on any atom is -0.379 e. The van der Waals surface area contributed by atoms with E-state index in [0.717, 1.165) is 51.4 Å². The maximum Gasteiger partial charge on any atom is 0.229 e. The zero-order valence-electron chi connectivity index (χ0n) is 13.8. The van der Waals surface area contributed by atoms with Crippen LogP contribution in [0, 0.1) is 11.8 Å². The van der Waals surface area contributed by atoms with Crippen LogP contribution in [0.5, 0.6) is 0 Å². The topological polar surface area (TPSA) is 44.8 Å². The van der Waals surface area contributed by atoms with Crippen molar-refractivity contribution in [3.05, 3.63) is 0 Å². The standard InChI is InChI=1S/C16H31N3O2/c1-4-7-17-15-12-21-11-14(15)16(20)19-8-5-13(6-9-19)10-18(2)3/h13-15,17H,4-12H2,1-3H3. The predicted molar refractivity (Wildman–Crippen MR) is 84.2 cm³/mol. The first-order valence-electron chi connectivity index (χ1n) is 8.36. The fraction of sp³-hybridized carbons (Fsp3) is 0.938. The lowest BCUT2D eigenvalue weighted by molar-refractivity contribution is -0.137. The number of ether oxygens (including phenoxy) is 1. The summed E-state index contributed by atoms with van der Waals surface area (Å²) in [5.41, 5.74) is 0. The molecule has 2 atom stereocenters. The van der Waals surface area contributed by atoms with Gasteiger partial charge in [0.2, 0.25) is 5.91 Å². The molecule has 21 heavy (non-hydrogen) atoms. The van der Waals surface area contributed by atoms with Gasteiger partial charge in [-0.2, -0.15) is 0 Å². The highest BCUT2D eigenvalue weighted by molar-refractivity contribution is 5.80. The molecule has 1 amide bonds. The van der Waals surface area contributed by atoms with Gasteiger partial charge in [-0.05, 0) is 45.8 Å². The van der Waals surface area contributed by atoms with Crippen molar-refractivity contribution in [2.45, 2.75) is 32.2 Å². The number of carbonyl (C=O) groups excluding carboxylic acids is 1. The van der Waals surface area contributed by atoms with Crippen LogP contribution < -0.4 is 5.32 Å². The van der Waals surface area contributed by atoms with E-state index in [1.54, 1.807) is 0 Å². The SMILES string of the molecule is CCCNC1COCC1C(=O)N1CCC(CN(C)C)CC1. The minimum absolute atomic E-state index is 0.0157. The second-order valence-corrected chi connectivity index (χ2v) is 6.74. The van der Waals surface area contributed by atoms with E-state index < -0.39 is 0 Å². The van der Waals surface area contributed by atoms with Crippen molar-refractivity contribution < 1.29 is 9.53 Å². The molecule has 0 spiro atoms. The number of hydrogen-bond donors (Lipinski definition) is 1. The highest BCUT2D eigenvalue weighted by Crippen LogP contribution is 2.22. The number of nitrogens with one attached hydrogen (secondary N) is 1. The highest BCUT2D eigenvalue weighted by atomic mass is 16.5. The van der Waals surface area contributed by atoms with Gasteiger partial charge in [0.05, 0.1) is 19.1 Å². The van der Waals surface area contributed by atoms with Gasteiger partial charge in [0.1, 0.15) is 0 Å². The third kappa shape index (κ3) is 4.66. The molecule has 0 aromatic carbocycles. The zero-order chi connectivity index (χ0) is 15.2. The first kappa shape index (κ1) is 16.7. The van der Waals surface area contributed by atoms with Gasteiger partial charge in [0.25, 0.3) is 0 Å². The van der Waals surface area contributed by atoms with Gasteiger partial charge in [-0.1, -0.05) is 6.92 Å². The van der Waals surface area contributed by atoms with E-state index in [1.807, 2.05) is 0 Å². The van der Waals surface area contributed by atoms with Crippen LogP contribution in [-0.2, 0) is 9.53 Å². The number of amides is 1. The van der Waals surface area contributed by atoms with Crippen LogP contribution in [0.3, 0.4) is 0 Å². The molecule has 1 N–H and O–H groups in total. The molecule has 0 radical (unpaired) electrons. The van der Waals surface area contributed by atoms with Crippen LogP contribution in [-0.4, -0.2) is 75.2 Å². The third-order valence-corrected chi connectivity index (χ3v) is 4.60. The van der Waals surface area contributed by atoms with E-state index in [2.05, 4.69) is 36.1 Å². The second-order valence-electron chi connectivity index (χ2n) is 6.74. The van der Waals surface area contributed by atoms with E-state index in [1.165, 1.54) is 0 Å². The fourth-order valence-corrected chi connectivity index (χ4v) is 3.42. The Kier molecular flexibility index (Phi) is 6.45. The minimum atomic E-state index is 0.0157. The Morgan fingerprint density at radius 1 is 1.29 bits per heavy atom. The molecule has 0 aromatic rings. The van der Waals surface area contributed by atoms with E-state index in [9.17, 15) is 4.79 Å². The summed E-state index contributed by atoms with van der Waals surface area (Å²) < 4.78 is 5.54. The number of piperidine rings is 1. The first-order valence-corrected chi connectivity index (χ1v) is 8.36. The van der Waals surface area contributed by atoms with Gasteiger partial charge >= 0.3 is 0 Å². The van der Waals surface area contributed by atoms with Crippen LogP contribution >= 0.6 is 0 Å². The third-order valence-electron chi connectivity index (χ3n) is 4.60. The Morgan fingerprint density at radius 2 is 2.00 bits per heavy atom. The highest BCUT2D eigenvalue weighted by Gasteiger charge is 2.37. The molecule has 2 aliphatic heterocycles. The molecule has 0 aliphatic carbocycles. The molecule has 2 rings (SSSR count). The summed E-state index contributed by atoms with van der Waals surface area (Å²) in [6.45, 7) is 7.32. The molecule has 2 aliphatic rings. The molecular formula is C16H31N3O2. The lowest BCUT2D eigenvalue weighted by atomic mass is 9.94. The van der Waals surface area contributed by atoms with Gasteiger partial charge < -0.3 is 19.9 Å². The van der Waals surface area contributed by atoms with Crippen LogP contribution in [0.25, 0.3) is 0 Å². The van der Waals surface area contributed by atoms with Crippen molar-refractivity contribution in [3.63, 3.8) is 0 Å². The Balaban J connectivity index is 1.81. The summed E-state index contributed by atoms with van der Waals surface area (Å²) in [4.78, 5) is 17.0. The molecular weight excluding hydrogens is 266 g/mol. The Morgan fingerprint density at radius 3 is 2.62 bits per heavy atom. The normalized spacial score (nSPS) is 27.5. The zero-order valence-corrected chi connectivity index (χ0v) is 13.8. The van der Waals surface area contributed by atoms with E-state index in [0.29, 0.717) is 19.1 Å². The van der Waals surface area contributed by atoms with Crippen LogP contribution in [0.2, 0.25) is 0 Å². The molecule has 122 valence electrons. The number of likely N-dealkylation sites (tertiary alicyclic amines) is 1. The molecule has 2 saturated heterocycles. The van der Waals surface area contributed by atoms with E-state index in [-0.39, 0.29) is 12.0 Å². The monoisotopic (exact) mass is 297 g/mol. The molecule has 2 heterocycles. The quantitative estimate of drug-likeness (QED) is 0.788. The average molecular weight is 297 g/mol. The van der Waals surface area contributed by atoms with Crippen LogP contribution in [0.15, 0.2) is 0 Å².